The third-order valence-electron chi connectivity index (χ3n) is 4.73. The van der Waals surface area contributed by atoms with Gasteiger partial charge in [0.05, 0.1) is 24.1 Å². The van der Waals surface area contributed by atoms with Crippen LogP contribution >= 0.6 is 11.3 Å². The number of fused-ring (bicyclic) bond motifs is 2. The third-order valence-corrected chi connectivity index (χ3v) is 5.92. The van der Waals surface area contributed by atoms with Crippen LogP contribution in [0.1, 0.15) is 18.2 Å². The largest absolute Gasteiger partial charge is 0.495 e. The molecule has 8 nitrogen and oxygen atoms in total. The van der Waals surface area contributed by atoms with Crippen molar-refractivity contribution in [3.05, 3.63) is 41.9 Å². The molecular formula is C21H23N5O3S. The van der Waals surface area contributed by atoms with Gasteiger partial charge in [-0.05, 0) is 43.0 Å². The van der Waals surface area contributed by atoms with E-state index < -0.39 is 0 Å². The molecule has 0 fully saturated rings. The van der Waals surface area contributed by atoms with Crippen molar-refractivity contribution in [2.75, 3.05) is 26.0 Å². The molecule has 0 radical (unpaired) electrons. The first-order valence-electron chi connectivity index (χ1n) is 9.56. The predicted octanol–water partition coefficient (Wildman–Crippen LogP) is 3.16. The number of methoxy groups -OCH3 is 1. The maximum absolute atomic E-state index is 11.7. The molecule has 0 aliphatic rings. The first kappa shape index (κ1) is 20.1. The fraction of sp³-hybridized carbons (Fsp3) is 0.286. The van der Waals surface area contributed by atoms with Gasteiger partial charge in [0.25, 0.3) is 0 Å². The van der Waals surface area contributed by atoms with Crippen LogP contribution in [0.5, 0.6) is 5.75 Å². The molecule has 156 valence electrons. The minimum absolute atomic E-state index is 0.0175. The molecule has 0 saturated heterocycles. The summed E-state index contributed by atoms with van der Waals surface area (Å²) in [6, 6.07) is 8.27. The Bertz CT molecular complexity index is 1230. The fourth-order valence-corrected chi connectivity index (χ4v) is 4.62. The summed E-state index contributed by atoms with van der Waals surface area (Å²) in [5, 5.41) is 8.17. The second kappa shape index (κ2) is 8.29. The highest BCUT2D eigenvalue weighted by atomic mass is 32.1. The lowest BCUT2D eigenvalue weighted by Gasteiger charge is -2.05. The van der Waals surface area contributed by atoms with Gasteiger partial charge >= 0.3 is 0 Å². The van der Waals surface area contributed by atoms with E-state index in [1.807, 2.05) is 26.0 Å². The zero-order valence-corrected chi connectivity index (χ0v) is 17.9. The number of rotatable bonds is 7. The van der Waals surface area contributed by atoms with Gasteiger partial charge in [-0.1, -0.05) is 6.07 Å². The number of thiophene rings is 1. The Morgan fingerprint density at radius 3 is 2.90 bits per heavy atom. The minimum atomic E-state index is -0.153. The van der Waals surface area contributed by atoms with Crippen molar-refractivity contribution in [2.45, 2.75) is 20.5 Å². The Morgan fingerprint density at radius 1 is 1.30 bits per heavy atom. The van der Waals surface area contributed by atoms with Gasteiger partial charge in [-0.3, -0.25) is 4.79 Å². The monoisotopic (exact) mass is 425 g/mol. The van der Waals surface area contributed by atoms with E-state index in [0.717, 1.165) is 43.1 Å². The SMILES string of the molecule is CCNC(=O)COCc1cc(-c2cc3cc(C)cc(OC)c3s2)c2c(N)ncnn12. The van der Waals surface area contributed by atoms with Crippen LogP contribution in [-0.2, 0) is 16.1 Å². The number of ether oxygens (including phenoxy) is 2. The maximum Gasteiger partial charge on any atom is 0.246 e. The molecule has 0 bridgehead atoms. The number of carbonyl (C=O) groups is 1. The number of aromatic nitrogens is 3. The third kappa shape index (κ3) is 3.69. The number of benzene rings is 1. The van der Waals surface area contributed by atoms with Crippen molar-refractivity contribution in [1.82, 2.24) is 19.9 Å². The van der Waals surface area contributed by atoms with Gasteiger partial charge in [-0.15, -0.1) is 11.3 Å². The highest BCUT2D eigenvalue weighted by Gasteiger charge is 2.18. The predicted molar refractivity (Wildman–Crippen MR) is 118 cm³/mol. The molecule has 9 heteroatoms. The number of nitrogens with zero attached hydrogens (tertiary/aromatic N) is 3. The molecule has 3 N–H and O–H groups in total. The van der Waals surface area contributed by atoms with Crippen molar-refractivity contribution in [3.63, 3.8) is 0 Å². The van der Waals surface area contributed by atoms with E-state index in [4.69, 9.17) is 15.2 Å². The summed E-state index contributed by atoms with van der Waals surface area (Å²) in [4.78, 5) is 16.9. The summed E-state index contributed by atoms with van der Waals surface area (Å²) >= 11 is 1.63. The molecule has 0 atom stereocenters. The molecular weight excluding hydrogens is 402 g/mol. The first-order valence-corrected chi connectivity index (χ1v) is 10.4. The van der Waals surface area contributed by atoms with E-state index in [2.05, 4.69) is 27.5 Å². The molecule has 0 aliphatic carbocycles. The lowest BCUT2D eigenvalue weighted by atomic mass is 10.1. The summed E-state index contributed by atoms with van der Waals surface area (Å²) in [6.07, 6.45) is 1.41. The highest BCUT2D eigenvalue weighted by Crippen LogP contribution is 2.42. The van der Waals surface area contributed by atoms with Gasteiger partial charge in [0.15, 0.2) is 5.82 Å². The van der Waals surface area contributed by atoms with Crippen LogP contribution < -0.4 is 15.8 Å². The van der Waals surface area contributed by atoms with Crippen molar-refractivity contribution >= 4 is 38.7 Å². The molecule has 3 aromatic heterocycles. The van der Waals surface area contributed by atoms with Gasteiger partial charge in [-0.25, -0.2) is 9.50 Å². The topological polar surface area (TPSA) is 104 Å². The molecule has 30 heavy (non-hydrogen) atoms. The second-order valence-corrected chi connectivity index (χ2v) is 7.95. The zero-order chi connectivity index (χ0) is 21.3. The maximum atomic E-state index is 11.7. The van der Waals surface area contributed by atoms with Crippen LogP contribution in [0.25, 0.3) is 26.0 Å². The van der Waals surface area contributed by atoms with Crippen molar-refractivity contribution in [2.24, 2.45) is 0 Å². The molecule has 4 rings (SSSR count). The van der Waals surface area contributed by atoms with Crippen LogP contribution in [0.15, 0.2) is 30.6 Å². The van der Waals surface area contributed by atoms with E-state index in [9.17, 15) is 4.79 Å². The summed E-state index contributed by atoms with van der Waals surface area (Å²) in [6.45, 7) is 4.69. The Kier molecular flexibility index (Phi) is 5.56. The van der Waals surface area contributed by atoms with Crippen molar-refractivity contribution < 1.29 is 14.3 Å². The molecule has 0 unspecified atom stereocenters. The number of hydrogen-bond donors (Lipinski definition) is 2. The lowest BCUT2D eigenvalue weighted by Crippen LogP contribution is -2.27. The van der Waals surface area contributed by atoms with Crippen LogP contribution in [0, 0.1) is 6.92 Å². The van der Waals surface area contributed by atoms with Crippen LogP contribution in [0.3, 0.4) is 0 Å². The number of anilines is 1. The molecule has 1 aromatic carbocycles. The van der Waals surface area contributed by atoms with Crippen LogP contribution in [0.4, 0.5) is 5.82 Å². The number of nitrogen functional groups attached to an aromatic ring is 1. The number of amides is 1. The number of aryl methyl sites for hydroxylation is 1. The van der Waals surface area contributed by atoms with E-state index in [1.165, 1.54) is 6.33 Å². The molecule has 1 amide bonds. The fourth-order valence-electron chi connectivity index (χ4n) is 3.47. The summed E-state index contributed by atoms with van der Waals surface area (Å²) < 4.78 is 14.0. The number of nitrogens with one attached hydrogen (secondary N) is 1. The van der Waals surface area contributed by atoms with E-state index >= 15 is 0 Å². The molecule has 0 saturated carbocycles. The molecule has 0 spiro atoms. The number of carbonyl (C=O) groups excluding carboxylic acids is 1. The Hall–Kier alpha value is -3.17. The normalized spacial score (nSPS) is 11.3. The Labute approximate surface area is 177 Å². The number of nitrogens with two attached hydrogens (primary N) is 1. The van der Waals surface area contributed by atoms with Gasteiger partial charge in [0, 0.05) is 17.0 Å². The Balaban J connectivity index is 1.76. The van der Waals surface area contributed by atoms with Gasteiger partial charge in [0.1, 0.15) is 24.2 Å². The highest BCUT2D eigenvalue weighted by molar-refractivity contribution is 7.22. The average Bonchev–Trinajstić information content (AvgIpc) is 3.30. The number of hydrogen-bond acceptors (Lipinski definition) is 7. The van der Waals surface area contributed by atoms with Gasteiger partial charge in [-0.2, -0.15) is 5.10 Å². The molecule has 4 aromatic rings. The quantitative estimate of drug-likeness (QED) is 0.471. The van der Waals surface area contributed by atoms with Crippen molar-refractivity contribution in [1.29, 1.82) is 0 Å². The minimum Gasteiger partial charge on any atom is -0.495 e. The van der Waals surface area contributed by atoms with Crippen LogP contribution in [-0.4, -0.2) is 40.8 Å². The second-order valence-electron chi connectivity index (χ2n) is 6.90. The summed E-state index contributed by atoms with van der Waals surface area (Å²) in [5.74, 6) is 1.08. The molecule has 0 aliphatic heterocycles. The zero-order valence-electron chi connectivity index (χ0n) is 17.1. The van der Waals surface area contributed by atoms with Crippen molar-refractivity contribution in [3.8, 4) is 16.2 Å². The van der Waals surface area contributed by atoms with Gasteiger partial charge in [0.2, 0.25) is 5.91 Å². The van der Waals surface area contributed by atoms with E-state index in [1.54, 1.807) is 23.0 Å². The Morgan fingerprint density at radius 2 is 2.13 bits per heavy atom. The van der Waals surface area contributed by atoms with E-state index in [0.29, 0.717) is 12.4 Å². The first-order chi connectivity index (χ1) is 14.5. The number of likely N-dealkylation sites (N-methyl/N-ethyl adjacent to an activating group) is 1. The summed E-state index contributed by atoms with van der Waals surface area (Å²) in [7, 11) is 1.68. The average molecular weight is 426 g/mol. The van der Waals surface area contributed by atoms with E-state index in [-0.39, 0.29) is 19.1 Å². The summed E-state index contributed by atoms with van der Waals surface area (Å²) in [5.41, 5.74) is 9.77. The lowest BCUT2D eigenvalue weighted by molar-refractivity contribution is -0.126. The van der Waals surface area contributed by atoms with Crippen LogP contribution in [0.2, 0.25) is 0 Å². The molecule has 3 heterocycles. The van der Waals surface area contributed by atoms with Gasteiger partial charge < -0.3 is 20.5 Å². The smallest absolute Gasteiger partial charge is 0.246 e. The standard InChI is InChI=1S/C21H23N5O3S/c1-4-23-18(27)10-29-9-14-8-15(19-21(22)24-11-25-26(14)19)17-7-13-5-12(2)6-16(28-3)20(13)30-17/h5-8,11H,4,9-10H2,1-3H3,(H,23,27)(H2,22,24,25).